The van der Waals surface area contributed by atoms with E-state index in [1.807, 2.05) is 49.0 Å². The molecular weight excluding hydrogens is 640 g/mol. The molecule has 13 heteroatoms. The van der Waals surface area contributed by atoms with Crippen molar-refractivity contribution in [3.63, 3.8) is 0 Å². The Morgan fingerprint density at radius 3 is 2.06 bits per heavy atom. The quantitative estimate of drug-likeness (QED) is 0.0895. The molecule has 0 atom stereocenters. The van der Waals surface area contributed by atoms with Crippen molar-refractivity contribution in [1.29, 1.82) is 0 Å². The number of aliphatic hydroxyl groups excluding tert-OH is 1. The second kappa shape index (κ2) is 21.7. The van der Waals surface area contributed by atoms with Crippen molar-refractivity contribution in [3.05, 3.63) is 101 Å². The highest BCUT2D eigenvalue weighted by atomic mass is 16.6. The van der Waals surface area contributed by atoms with E-state index in [-0.39, 0.29) is 10.6 Å². The van der Waals surface area contributed by atoms with Crippen molar-refractivity contribution >= 4 is 42.3 Å². The van der Waals surface area contributed by atoms with Crippen molar-refractivity contribution < 1.29 is 38.8 Å². The average molecular weight is 692 g/mol. The van der Waals surface area contributed by atoms with Gasteiger partial charge in [0.05, 0.1) is 38.2 Å². The summed E-state index contributed by atoms with van der Waals surface area (Å²) in [5.74, 6) is 0.646. The van der Waals surface area contributed by atoms with Gasteiger partial charge in [0, 0.05) is 39.3 Å². The number of anilines is 2. The predicted octanol–water partition coefficient (Wildman–Crippen LogP) is 4.24. The first-order valence-electron chi connectivity index (χ1n) is 16.0. The highest BCUT2D eigenvalue weighted by Gasteiger charge is 2.28. The number of aromatic nitrogens is 2. The molecule has 0 unspecified atom stereocenters. The number of aryl methyl sites for hydroxylation is 4. The maximum atomic E-state index is 12.1. The molecule has 2 aromatic heterocycles. The summed E-state index contributed by atoms with van der Waals surface area (Å²) in [7, 11) is 6.35. The Labute approximate surface area is 294 Å². The van der Waals surface area contributed by atoms with Gasteiger partial charge in [-0.05, 0) is 49.2 Å². The van der Waals surface area contributed by atoms with Crippen LogP contribution in [0.15, 0.2) is 73.1 Å². The Kier molecular flexibility index (Phi) is 17.8. The van der Waals surface area contributed by atoms with E-state index in [0.29, 0.717) is 63.6 Å². The monoisotopic (exact) mass is 691 g/mol. The van der Waals surface area contributed by atoms with E-state index in [2.05, 4.69) is 65.4 Å². The first-order chi connectivity index (χ1) is 24.1. The van der Waals surface area contributed by atoms with Crippen LogP contribution in [0.4, 0.5) is 11.4 Å². The van der Waals surface area contributed by atoms with E-state index >= 15 is 0 Å². The molecule has 4 aromatic rings. The van der Waals surface area contributed by atoms with Crippen LogP contribution in [-0.4, -0.2) is 96.4 Å². The molecule has 3 amide bonds. The van der Waals surface area contributed by atoms with Crippen LogP contribution in [0.3, 0.4) is 0 Å². The summed E-state index contributed by atoms with van der Waals surface area (Å²) in [6.07, 6.45) is 8.96. The Morgan fingerprint density at radius 2 is 1.48 bits per heavy atom. The molecule has 3 heterocycles. The van der Waals surface area contributed by atoms with Gasteiger partial charge in [-0.2, -0.15) is 4.65 Å². The van der Waals surface area contributed by atoms with Crippen LogP contribution in [-0.2, 0) is 28.4 Å². The number of hydrogen-bond donors (Lipinski definition) is 5. The van der Waals surface area contributed by atoms with Gasteiger partial charge >= 0.3 is 0 Å². The normalized spacial score (nSPS) is 12.9. The largest absolute Gasteiger partial charge is 0.497 e. The van der Waals surface area contributed by atoms with E-state index in [1.165, 1.54) is 11.1 Å². The second-order valence-corrected chi connectivity index (χ2v) is 11.4. The van der Waals surface area contributed by atoms with Crippen molar-refractivity contribution in [1.82, 2.24) is 14.5 Å². The maximum absolute atomic E-state index is 12.1. The van der Waals surface area contributed by atoms with Crippen LogP contribution < -0.4 is 20.7 Å². The molecule has 0 aliphatic carbocycles. The molecule has 2 aromatic carbocycles. The molecule has 1 aliphatic heterocycles. The Morgan fingerprint density at radius 1 is 0.880 bits per heavy atom. The summed E-state index contributed by atoms with van der Waals surface area (Å²) in [5, 5.41) is 25.1. The second-order valence-electron chi connectivity index (χ2n) is 11.4. The van der Waals surface area contributed by atoms with Crippen LogP contribution in [0.2, 0.25) is 0 Å². The number of quaternary nitrogens is 1. The van der Waals surface area contributed by atoms with Crippen LogP contribution in [0, 0.1) is 13.8 Å². The van der Waals surface area contributed by atoms with Gasteiger partial charge in [0.1, 0.15) is 31.1 Å². The third-order valence-corrected chi connectivity index (χ3v) is 7.70. The van der Waals surface area contributed by atoms with Gasteiger partial charge in [0.25, 0.3) is 5.91 Å². The SMILES string of the molecule is CO.COc1cccc(/C=C/c2ccc(C)cc2)c1.Cc1cc(NC=O)cn1C.Cn1cc(NC=O)cc1C(=O)NCC[N+]1(O)CCOCC1. The van der Waals surface area contributed by atoms with Crippen molar-refractivity contribution in [2.75, 3.05) is 64.2 Å². The summed E-state index contributed by atoms with van der Waals surface area (Å²) >= 11 is 0. The van der Waals surface area contributed by atoms with E-state index in [0.717, 1.165) is 29.8 Å². The van der Waals surface area contributed by atoms with Crippen LogP contribution in [0.1, 0.15) is 32.9 Å². The van der Waals surface area contributed by atoms with Gasteiger partial charge in [-0.25, -0.2) is 5.21 Å². The molecule has 0 spiro atoms. The lowest BCUT2D eigenvalue weighted by atomic mass is 10.1. The molecule has 50 heavy (non-hydrogen) atoms. The number of hydroxylamine groups is 3. The highest BCUT2D eigenvalue weighted by Crippen LogP contribution is 2.16. The van der Waals surface area contributed by atoms with Gasteiger partial charge in [0.2, 0.25) is 12.8 Å². The number of benzene rings is 2. The average Bonchev–Trinajstić information content (AvgIpc) is 3.65. The van der Waals surface area contributed by atoms with E-state index < -0.39 is 0 Å². The fourth-order valence-corrected chi connectivity index (χ4v) is 4.75. The molecule has 1 aliphatic rings. The number of morpholine rings is 1. The first kappa shape index (κ1) is 41.0. The third kappa shape index (κ3) is 14.1. The zero-order valence-corrected chi connectivity index (χ0v) is 29.8. The highest BCUT2D eigenvalue weighted by molar-refractivity contribution is 5.94. The van der Waals surface area contributed by atoms with Gasteiger partial charge in [0.15, 0.2) is 0 Å². The van der Waals surface area contributed by atoms with E-state index in [4.69, 9.17) is 14.6 Å². The molecule has 5 N–H and O–H groups in total. The van der Waals surface area contributed by atoms with E-state index in [1.54, 1.807) is 31.0 Å². The zero-order chi connectivity index (χ0) is 36.9. The number of hydrogen-bond acceptors (Lipinski definition) is 7. The molecule has 1 saturated heterocycles. The van der Waals surface area contributed by atoms with Crippen LogP contribution in [0.25, 0.3) is 12.2 Å². The number of nitrogens with one attached hydrogen (secondary N) is 3. The molecule has 13 nitrogen and oxygen atoms in total. The van der Waals surface area contributed by atoms with Crippen molar-refractivity contribution in [2.24, 2.45) is 14.1 Å². The minimum atomic E-state index is -0.240. The minimum absolute atomic E-state index is 0.0780. The molecule has 0 radical (unpaired) electrons. The molecule has 5 rings (SSSR count). The van der Waals surface area contributed by atoms with Crippen molar-refractivity contribution in [3.8, 4) is 5.75 Å². The van der Waals surface area contributed by atoms with Gasteiger partial charge < -0.3 is 39.7 Å². The fourth-order valence-electron chi connectivity index (χ4n) is 4.75. The number of carbonyl (C=O) groups excluding carboxylic acids is 3. The molecule has 1 fully saturated rings. The molecule has 0 saturated carbocycles. The Bertz CT molecular complexity index is 1620. The lowest BCUT2D eigenvalue weighted by molar-refractivity contribution is -1.10. The molecule has 270 valence electrons. The summed E-state index contributed by atoms with van der Waals surface area (Å²) in [4.78, 5) is 32.4. The van der Waals surface area contributed by atoms with Gasteiger partial charge in [-0.15, -0.1) is 0 Å². The standard InChI is InChI=1S/C16H16O.C13H20N4O4.C7H10N2O.CH4O/c1-13-6-8-14(9-7-13)10-11-15-4-3-5-16(12-15)17-2;1-16-9-11(15-10-18)8-12(16)13(19)14-2-3-17(20)4-6-21-7-5-17;1-6-3-7(8-5-10)4-9(6)2;1-2/h3-12H,1-2H3;8-10,20H,2-7H2,1H3,(H-,14,15,18,19);3-5H,1-2H3,(H,8,10);2H,1H3/p+1/b11-10+;;;. The lowest BCUT2D eigenvalue weighted by Crippen LogP contribution is -2.55. The Balaban J connectivity index is 0.000000268. The number of amides is 3. The number of ether oxygens (including phenoxy) is 2. The first-order valence-corrected chi connectivity index (χ1v) is 16.0. The number of rotatable bonds is 11. The van der Waals surface area contributed by atoms with Crippen LogP contribution in [0.5, 0.6) is 5.75 Å². The van der Waals surface area contributed by atoms with Crippen molar-refractivity contribution in [2.45, 2.75) is 13.8 Å². The molecular formula is C37H51N6O7+. The predicted molar refractivity (Wildman–Crippen MR) is 196 cm³/mol. The number of aliphatic hydroxyl groups is 1. The fraction of sp³-hybridized carbons (Fsp3) is 0.324. The maximum Gasteiger partial charge on any atom is 0.268 e. The van der Waals surface area contributed by atoms with Gasteiger partial charge in [-0.3, -0.25) is 14.4 Å². The summed E-state index contributed by atoms with van der Waals surface area (Å²) < 4.78 is 13.9. The summed E-state index contributed by atoms with van der Waals surface area (Å²) in [6.45, 7) is 7.02. The number of nitrogens with zero attached hydrogens (tertiary/aromatic N) is 3. The Hall–Kier alpha value is -5.21. The van der Waals surface area contributed by atoms with Gasteiger partial charge in [-0.1, -0.05) is 54.1 Å². The van der Waals surface area contributed by atoms with E-state index in [9.17, 15) is 19.6 Å². The summed E-state index contributed by atoms with van der Waals surface area (Å²) in [5.41, 5.74) is 6.62. The summed E-state index contributed by atoms with van der Waals surface area (Å²) in [6, 6.07) is 20.0. The molecule has 0 bridgehead atoms. The zero-order valence-electron chi connectivity index (χ0n) is 29.8. The number of methoxy groups -OCH3 is 1. The number of carbonyl (C=O) groups is 3. The third-order valence-electron chi connectivity index (χ3n) is 7.70. The lowest BCUT2D eigenvalue weighted by Gasteiger charge is -2.33. The van der Waals surface area contributed by atoms with Crippen LogP contribution >= 0.6 is 0 Å². The smallest absolute Gasteiger partial charge is 0.268 e. The minimum Gasteiger partial charge on any atom is -0.497 e. The topological polar surface area (TPSA) is 156 Å².